The zero-order valence-electron chi connectivity index (χ0n) is 16.0. The van der Waals surface area contributed by atoms with Gasteiger partial charge in [0.25, 0.3) is 0 Å². The molecule has 3 aromatic rings. The third-order valence-corrected chi connectivity index (χ3v) is 6.19. The fourth-order valence-corrected chi connectivity index (χ4v) is 4.69. The second-order valence-corrected chi connectivity index (χ2v) is 8.17. The number of hydrogen-bond acceptors (Lipinski definition) is 5. The van der Waals surface area contributed by atoms with Crippen molar-refractivity contribution >= 4 is 35.1 Å². The average molecular weight is 430 g/mol. The maximum Gasteiger partial charge on any atom is 0.235 e. The molecule has 4 rings (SSSR count). The number of thioether (sulfide) groups is 1. The molecule has 0 saturated carbocycles. The predicted octanol–water partition coefficient (Wildman–Crippen LogP) is 4.71. The third-order valence-electron chi connectivity index (χ3n) is 4.67. The Morgan fingerprint density at radius 3 is 2.79 bits per heavy atom. The van der Waals surface area contributed by atoms with Gasteiger partial charge in [-0.2, -0.15) is 5.10 Å². The number of hydrogen-bond donors (Lipinski definition) is 2. The van der Waals surface area contributed by atoms with Crippen molar-refractivity contribution in [1.82, 2.24) is 9.78 Å². The van der Waals surface area contributed by atoms with Crippen molar-refractivity contribution in [2.24, 2.45) is 0 Å². The molecule has 0 unspecified atom stereocenters. The Morgan fingerprint density at radius 1 is 1.31 bits per heavy atom. The van der Waals surface area contributed by atoms with Crippen molar-refractivity contribution in [3.05, 3.63) is 64.3 Å². The van der Waals surface area contributed by atoms with Crippen LogP contribution in [-0.4, -0.2) is 33.2 Å². The molecular formula is C21H20ClN3O3S. The quantitative estimate of drug-likeness (QED) is 0.627. The van der Waals surface area contributed by atoms with E-state index in [-0.39, 0.29) is 16.9 Å². The van der Waals surface area contributed by atoms with Gasteiger partial charge in [0.15, 0.2) is 11.5 Å². The number of benzene rings is 2. The molecule has 1 aromatic heterocycles. The van der Waals surface area contributed by atoms with Gasteiger partial charge < -0.3 is 15.2 Å². The van der Waals surface area contributed by atoms with Crippen LogP contribution in [0.25, 0.3) is 5.69 Å². The lowest BCUT2D eigenvalue weighted by molar-refractivity contribution is -0.113. The first kappa shape index (κ1) is 19.7. The fraction of sp³-hybridized carbons (Fsp3) is 0.238. The van der Waals surface area contributed by atoms with Crippen molar-refractivity contribution in [2.45, 2.75) is 19.1 Å². The average Bonchev–Trinajstić information content (AvgIpc) is 2.90. The van der Waals surface area contributed by atoms with Crippen LogP contribution in [0.1, 0.15) is 29.0 Å². The molecule has 150 valence electrons. The van der Waals surface area contributed by atoms with Crippen LogP contribution in [0.5, 0.6) is 11.5 Å². The summed E-state index contributed by atoms with van der Waals surface area (Å²) in [5.41, 5.74) is 3.50. The number of phenols is 1. The summed E-state index contributed by atoms with van der Waals surface area (Å²) in [6.07, 6.45) is 0. The fourth-order valence-electron chi connectivity index (χ4n) is 3.38. The van der Waals surface area contributed by atoms with Crippen LogP contribution in [0.4, 0.5) is 5.82 Å². The Morgan fingerprint density at radius 2 is 2.07 bits per heavy atom. The van der Waals surface area contributed by atoms with Gasteiger partial charge in [-0.3, -0.25) is 4.79 Å². The van der Waals surface area contributed by atoms with E-state index < -0.39 is 0 Å². The van der Waals surface area contributed by atoms with Gasteiger partial charge in [-0.25, -0.2) is 4.68 Å². The molecule has 1 aliphatic rings. The van der Waals surface area contributed by atoms with Crippen LogP contribution in [0.2, 0.25) is 5.02 Å². The highest BCUT2D eigenvalue weighted by molar-refractivity contribution is 8.00. The van der Waals surface area contributed by atoms with Gasteiger partial charge >= 0.3 is 0 Å². The Balaban J connectivity index is 1.85. The first-order valence-electron chi connectivity index (χ1n) is 9.20. The van der Waals surface area contributed by atoms with Crippen molar-refractivity contribution in [1.29, 1.82) is 0 Å². The van der Waals surface area contributed by atoms with Crippen molar-refractivity contribution in [3.63, 3.8) is 0 Å². The minimum Gasteiger partial charge on any atom is -0.504 e. The van der Waals surface area contributed by atoms with E-state index in [0.717, 1.165) is 22.5 Å². The summed E-state index contributed by atoms with van der Waals surface area (Å²) in [5.74, 6) is 1.40. The third kappa shape index (κ3) is 3.80. The minimum atomic E-state index is -0.134. The number of phenolic OH excluding ortho intramolecular Hbond substituents is 1. The molecule has 0 aliphatic carbocycles. The van der Waals surface area contributed by atoms with Gasteiger partial charge in [0.1, 0.15) is 5.82 Å². The van der Waals surface area contributed by atoms with E-state index >= 15 is 0 Å². The standard InChI is InChI=1S/C21H20ClN3O3S/c1-3-28-17-10-13(4-9-16(17)26)20-19-12(2)24-25(15-7-5-14(22)6-8-15)21(19)23-18(27)11-29-20/h4-10,20,26H,3,11H2,1-2H3,(H,23,27)/t20-/m0/s1. The van der Waals surface area contributed by atoms with Crippen LogP contribution < -0.4 is 10.1 Å². The zero-order valence-corrected chi connectivity index (χ0v) is 17.5. The normalized spacial score (nSPS) is 16.1. The number of nitrogens with one attached hydrogen (secondary N) is 1. The maximum absolute atomic E-state index is 12.4. The monoisotopic (exact) mass is 429 g/mol. The lowest BCUT2D eigenvalue weighted by Gasteiger charge is -2.17. The summed E-state index contributed by atoms with van der Waals surface area (Å²) in [4.78, 5) is 12.4. The molecule has 0 fully saturated rings. The Hall–Kier alpha value is -2.64. The van der Waals surface area contributed by atoms with Crippen LogP contribution >= 0.6 is 23.4 Å². The lowest BCUT2D eigenvalue weighted by Crippen LogP contribution is -2.15. The zero-order chi connectivity index (χ0) is 20.5. The van der Waals surface area contributed by atoms with E-state index in [1.165, 1.54) is 11.8 Å². The predicted molar refractivity (Wildman–Crippen MR) is 116 cm³/mol. The first-order chi connectivity index (χ1) is 14.0. The molecule has 2 heterocycles. The molecule has 0 saturated heterocycles. The largest absolute Gasteiger partial charge is 0.504 e. The molecule has 8 heteroatoms. The number of aromatic hydroxyl groups is 1. The lowest BCUT2D eigenvalue weighted by atomic mass is 10.0. The summed E-state index contributed by atoms with van der Waals surface area (Å²) < 4.78 is 7.29. The highest BCUT2D eigenvalue weighted by atomic mass is 35.5. The first-order valence-corrected chi connectivity index (χ1v) is 10.6. The number of anilines is 1. The van der Waals surface area contributed by atoms with E-state index in [0.29, 0.717) is 28.9 Å². The van der Waals surface area contributed by atoms with E-state index in [1.54, 1.807) is 22.9 Å². The Labute approximate surface area is 177 Å². The number of rotatable bonds is 4. The molecule has 1 atom stereocenters. The van der Waals surface area contributed by atoms with Crippen molar-refractivity contribution in [3.8, 4) is 17.2 Å². The van der Waals surface area contributed by atoms with Gasteiger partial charge in [-0.1, -0.05) is 17.7 Å². The number of aryl methyl sites for hydroxylation is 1. The maximum atomic E-state index is 12.4. The second-order valence-electron chi connectivity index (χ2n) is 6.64. The van der Waals surface area contributed by atoms with Crippen LogP contribution in [-0.2, 0) is 4.79 Å². The Bertz CT molecular complexity index is 1070. The topological polar surface area (TPSA) is 76.4 Å². The van der Waals surface area contributed by atoms with E-state index in [9.17, 15) is 9.90 Å². The smallest absolute Gasteiger partial charge is 0.235 e. The number of nitrogens with zero attached hydrogens (tertiary/aromatic N) is 2. The number of fused-ring (bicyclic) bond motifs is 1. The molecule has 0 radical (unpaired) electrons. The van der Waals surface area contributed by atoms with E-state index in [4.69, 9.17) is 16.3 Å². The summed E-state index contributed by atoms with van der Waals surface area (Å²) in [7, 11) is 0. The van der Waals surface area contributed by atoms with Gasteiger partial charge in [0.2, 0.25) is 5.91 Å². The molecule has 2 N–H and O–H groups in total. The van der Waals surface area contributed by atoms with Gasteiger partial charge in [0.05, 0.1) is 29.0 Å². The van der Waals surface area contributed by atoms with Crippen LogP contribution in [0, 0.1) is 6.92 Å². The second kappa shape index (κ2) is 8.00. The molecule has 1 aliphatic heterocycles. The number of carbonyl (C=O) groups excluding carboxylic acids is 1. The SMILES string of the molecule is CCOc1cc([C@@H]2SCC(=O)Nc3c2c(C)nn3-c2ccc(Cl)cc2)ccc1O. The summed E-state index contributed by atoms with van der Waals surface area (Å²) in [6, 6.07) is 12.6. The molecule has 6 nitrogen and oxygen atoms in total. The molecular weight excluding hydrogens is 410 g/mol. The molecule has 0 spiro atoms. The molecule has 2 aromatic carbocycles. The van der Waals surface area contributed by atoms with Crippen molar-refractivity contribution in [2.75, 3.05) is 17.7 Å². The Kier molecular flexibility index (Phi) is 5.43. The van der Waals surface area contributed by atoms with Gasteiger partial charge in [-0.05, 0) is 55.8 Å². The summed E-state index contributed by atoms with van der Waals surface area (Å²) in [5, 5.41) is 18.2. The van der Waals surface area contributed by atoms with Crippen LogP contribution in [0.15, 0.2) is 42.5 Å². The van der Waals surface area contributed by atoms with Crippen LogP contribution in [0.3, 0.4) is 0 Å². The minimum absolute atomic E-state index is 0.0855. The number of aromatic nitrogens is 2. The summed E-state index contributed by atoms with van der Waals surface area (Å²) >= 11 is 7.54. The molecule has 1 amide bonds. The number of amides is 1. The van der Waals surface area contributed by atoms with Crippen molar-refractivity contribution < 1.29 is 14.6 Å². The molecule has 0 bridgehead atoms. The highest BCUT2D eigenvalue weighted by Crippen LogP contribution is 2.45. The number of ether oxygens (including phenoxy) is 1. The highest BCUT2D eigenvalue weighted by Gasteiger charge is 2.31. The summed E-state index contributed by atoms with van der Waals surface area (Å²) in [6.45, 7) is 4.25. The number of carbonyl (C=O) groups is 1. The van der Waals surface area contributed by atoms with E-state index in [1.807, 2.05) is 38.1 Å². The van der Waals surface area contributed by atoms with Gasteiger partial charge in [-0.15, -0.1) is 11.8 Å². The molecule has 29 heavy (non-hydrogen) atoms. The van der Waals surface area contributed by atoms with E-state index in [2.05, 4.69) is 10.4 Å². The van der Waals surface area contributed by atoms with Gasteiger partial charge in [0, 0.05) is 10.6 Å². The number of halogens is 1.